The van der Waals surface area contributed by atoms with Gasteiger partial charge in [-0.05, 0) is 36.8 Å². The summed E-state index contributed by atoms with van der Waals surface area (Å²) >= 11 is 5.98. The monoisotopic (exact) mass is 420 g/mol. The highest BCUT2D eigenvalue weighted by Crippen LogP contribution is 2.33. The van der Waals surface area contributed by atoms with Crippen molar-refractivity contribution < 1.29 is 17.9 Å². The van der Waals surface area contributed by atoms with Crippen LogP contribution in [0.15, 0.2) is 48.7 Å². The van der Waals surface area contributed by atoms with Crippen molar-refractivity contribution in [2.24, 2.45) is 0 Å². The highest BCUT2D eigenvalue weighted by atomic mass is 35.5. The molecule has 0 saturated carbocycles. The van der Waals surface area contributed by atoms with E-state index in [1.54, 1.807) is 19.1 Å². The Morgan fingerprint density at radius 2 is 2.03 bits per heavy atom. The summed E-state index contributed by atoms with van der Waals surface area (Å²) in [7, 11) is 0. The molecule has 3 rings (SSSR count). The summed E-state index contributed by atoms with van der Waals surface area (Å²) in [5.74, 6) is 0.728. The minimum Gasteiger partial charge on any atom is -0.454 e. The lowest BCUT2D eigenvalue weighted by Gasteiger charge is -2.17. The van der Waals surface area contributed by atoms with Gasteiger partial charge in [-0.25, -0.2) is 0 Å². The van der Waals surface area contributed by atoms with E-state index in [2.05, 4.69) is 15.5 Å². The summed E-state index contributed by atoms with van der Waals surface area (Å²) in [6.07, 6.45) is -2.97. The number of nitrogens with one attached hydrogen (secondary N) is 2. The number of rotatable bonds is 6. The Morgan fingerprint density at radius 3 is 2.76 bits per heavy atom. The third kappa shape index (κ3) is 5.08. The SMILES string of the molecule is CC(NCc1ccccc1C(F)(F)F)c1[nH]ncc1Oc1cc(Cl)cc(C#N)c1. The first-order valence-electron chi connectivity index (χ1n) is 8.58. The van der Waals surface area contributed by atoms with Crippen molar-refractivity contribution in [2.45, 2.75) is 25.7 Å². The Bertz CT molecular complexity index is 1040. The predicted molar refractivity (Wildman–Crippen MR) is 102 cm³/mol. The summed E-state index contributed by atoms with van der Waals surface area (Å²) in [6.45, 7) is 1.78. The van der Waals surface area contributed by atoms with Crippen LogP contribution in [0.5, 0.6) is 11.5 Å². The van der Waals surface area contributed by atoms with E-state index in [9.17, 15) is 13.2 Å². The Hall–Kier alpha value is -3.02. The maximum absolute atomic E-state index is 13.1. The van der Waals surface area contributed by atoms with Crippen molar-refractivity contribution in [3.8, 4) is 17.6 Å². The number of nitrogens with zero attached hydrogens (tertiary/aromatic N) is 2. The Kier molecular flexibility index (Phi) is 6.11. The number of nitriles is 1. The number of hydrogen-bond donors (Lipinski definition) is 2. The standard InChI is InChI=1S/C20H16ClF3N4O/c1-12(26-10-14-4-2-3-5-17(14)20(22,23)24)19-18(11-27-28-19)29-16-7-13(9-25)6-15(21)8-16/h2-8,11-12,26H,10H2,1H3,(H,27,28). The molecule has 150 valence electrons. The van der Waals surface area contributed by atoms with Crippen LogP contribution in [0.2, 0.25) is 5.02 Å². The lowest BCUT2D eigenvalue weighted by Crippen LogP contribution is -2.21. The second-order valence-corrected chi connectivity index (χ2v) is 6.73. The molecule has 0 bridgehead atoms. The Balaban J connectivity index is 1.75. The first-order valence-corrected chi connectivity index (χ1v) is 8.96. The Morgan fingerprint density at radius 1 is 1.28 bits per heavy atom. The molecule has 0 amide bonds. The van der Waals surface area contributed by atoms with E-state index in [4.69, 9.17) is 21.6 Å². The second kappa shape index (κ2) is 8.55. The van der Waals surface area contributed by atoms with Crippen LogP contribution in [0.1, 0.15) is 35.3 Å². The van der Waals surface area contributed by atoms with Crippen molar-refractivity contribution in [2.75, 3.05) is 0 Å². The highest BCUT2D eigenvalue weighted by molar-refractivity contribution is 6.30. The van der Waals surface area contributed by atoms with Gasteiger partial charge in [0.1, 0.15) is 5.75 Å². The maximum Gasteiger partial charge on any atom is 0.416 e. The Labute approximate surface area is 170 Å². The van der Waals surface area contributed by atoms with E-state index < -0.39 is 11.7 Å². The number of aromatic amines is 1. The smallest absolute Gasteiger partial charge is 0.416 e. The van der Waals surface area contributed by atoms with E-state index in [-0.39, 0.29) is 18.2 Å². The number of aromatic nitrogens is 2. The average molecular weight is 421 g/mol. The molecule has 0 fully saturated rings. The molecule has 0 aliphatic carbocycles. The molecule has 0 saturated heterocycles. The second-order valence-electron chi connectivity index (χ2n) is 6.29. The molecule has 2 aromatic carbocycles. The molecule has 9 heteroatoms. The lowest BCUT2D eigenvalue weighted by molar-refractivity contribution is -0.138. The molecule has 3 aromatic rings. The molecule has 2 N–H and O–H groups in total. The van der Waals surface area contributed by atoms with Crippen molar-refractivity contribution in [1.82, 2.24) is 15.5 Å². The number of ether oxygens (including phenoxy) is 1. The fourth-order valence-corrected chi connectivity index (χ4v) is 3.03. The molecule has 29 heavy (non-hydrogen) atoms. The van der Waals surface area contributed by atoms with Gasteiger partial charge in [0.25, 0.3) is 0 Å². The zero-order chi connectivity index (χ0) is 21.0. The van der Waals surface area contributed by atoms with Crippen molar-refractivity contribution >= 4 is 11.6 Å². The van der Waals surface area contributed by atoms with Crippen LogP contribution in [-0.2, 0) is 12.7 Å². The van der Waals surface area contributed by atoms with Crippen molar-refractivity contribution in [3.63, 3.8) is 0 Å². The first kappa shape index (κ1) is 20.7. The first-order chi connectivity index (χ1) is 13.8. The molecular weight excluding hydrogens is 405 g/mol. The van der Waals surface area contributed by atoms with Crippen molar-refractivity contribution in [3.05, 3.63) is 76.1 Å². The van der Waals surface area contributed by atoms with E-state index in [1.165, 1.54) is 30.5 Å². The molecule has 0 radical (unpaired) electrons. The van der Waals surface area contributed by atoms with E-state index in [0.717, 1.165) is 6.07 Å². The lowest BCUT2D eigenvalue weighted by atomic mass is 10.1. The van der Waals surface area contributed by atoms with E-state index >= 15 is 0 Å². The van der Waals surface area contributed by atoms with Gasteiger partial charge in [0.15, 0.2) is 5.75 Å². The average Bonchev–Trinajstić information content (AvgIpc) is 3.13. The zero-order valence-electron chi connectivity index (χ0n) is 15.2. The van der Waals surface area contributed by atoms with Gasteiger partial charge < -0.3 is 10.1 Å². The predicted octanol–water partition coefficient (Wildman–Crippen LogP) is 5.60. The highest BCUT2D eigenvalue weighted by Gasteiger charge is 2.32. The van der Waals surface area contributed by atoms with Crippen LogP contribution in [0.4, 0.5) is 13.2 Å². The summed E-state index contributed by atoms with van der Waals surface area (Å²) in [5.41, 5.74) is 0.353. The molecule has 1 aromatic heterocycles. The largest absolute Gasteiger partial charge is 0.454 e. The van der Waals surface area contributed by atoms with E-state index in [1.807, 2.05) is 6.07 Å². The van der Waals surface area contributed by atoms with Gasteiger partial charge in [-0.1, -0.05) is 29.8 Å². The quantitative estimate of drug-likeness (QED) is 0.544. The fourth-order valence-electron chi connectivity index (χ4n) is 2.81. The van der Waals surface area contributed by atoms with Gasteiger partial charge in [0, 0.05) is 11.6 Å². The van der Waals surface area contributed by atoms with Gasteiger partial charge >= 0.3 is 6.18 Å². The molecule has 0 aliphatic rings. The molecule has 1 unspecified atom stereocenters. The number of benzene rings is 2. The summed E-state index contributed by atoms with van der Waals surface area (Å²) in [5, 5.41) is 19.2. The van der Waals surface area contributed by atoms with Crippen LogP contribution < -0.4 is 10.1 Å². The molecule has 1 heterocycles. The van der Waals surface area contributed by atoms with Crippen molar-refractivity contribution in [1.29, 1.82) is 5.26 Å². The topological polar surface area (TPSA) is 73.7 Å². The number of hydrogen-bond acceptors (Lipinski definition) is 4. The summed E-state index contributed by atoms with van der Waals surface area (Å²) in [6, 6.07) is 11.6. The van der Waals surface area contributed by atoms with Crippen LogP contribution in [0.25, 0.3) is 0 Å². The third-order valence-corrected chi connectivity index (χ3v) is 4.43. The number of alkyl halides is 3. The molecule has 5 nitrogen and oxygen atoms in total. The molecule has 0 spiro atoms. The fraction of sp³-hybridized carbons (Fsp3) is 0.200. The minimum atomic E-state index is -4.42. The van der Waals surface area contributed by atoms with Crippen LogP contribution >= 0.6 is 11.6 Å². The number of halogens is 4. The van der Waals surface area contributed by atoms with Gasteiger partial charge in [-0.15, -0.1) is 0 Å². The summed E-state index contributed by atoms with van der Waals surface area (Å²) < 4.78 is 45.2. The maximum atomic E-state index is 13.1. The van der Waals surface area contributed by atoms with Crippen LogP contribution in [0.3, 0.4) is 0 Å². The van der Waals surface area contributed by atoms with Crippen LogP contribution in [-0.4, -0.2) is 10.2 Å². The third-order valence-electron chi connectivity index (χ3n) is 4.21. The normalized spacial score (nSPS) is 12.4. The van der Waals surface area contributed by atoms with E-state index in [0.29, 0.717) is 27.8 Å². The minimum absolute atomic E-state index is 0.00502. The van der Waals surface area contributed by atoms with Gasteiger partial charge in [-0.2, -0.15) is 23.5 Å². The van der Waals surface area contributed by atoms with Gasteiger partial charge in [-0.3, -0.25) is 5.10 Å². The van der Waals surface area contributed by atoms with Crippen LogP contribution in [0, 0.1) is 11.3 Å². The molecule has 0 aliphatic heterocycles. The molecular formula is C20H16ClF3N4O. The molecule has 1 atom stereocenters. The number of H-pyrrole nitrogens is 1. The summed E-state index contributed by atoms with van der Waals surface area (Å²) in [4.78, 5) is 0. The van der Waals surface area contributed by atoms with Gasteiger partial charge in [0.05, 0.1) is 35.1 Å². The van der Waals surface area contributed by atoms with Gasteiger partial charge in [0.2, 0.25) is 0 Å². The zero-order valence-corrected chi connectivity index (χ0v) is 16.0.